The van der Waals surface area contributed by atoms with Crippen LogP contribution in [0.5, 0.6) is 0 Å². The van der Waals surface area contributed by atoms with Crippen LogP contribution in [0.4, 0.5) is 0 Å². The second-order valence-corrected chi connectivity index (χ2v) is 3.79. The molecule has 1 unspecified atom stereocenters. The van der Waals surface area contributed by atoms with Crippen molar-refractivity contribution in [2.45, 2.75) is 12.0 Å². The Morgan fingerprint density at radius 3 is 3.20 bits per heavy atom. The summed E-state index contributed by atoms with van der Waals surface area (Å²) in [5.74, 6) is 0.725. The van der Waals surface area contributed by atoms with Crippen LogP contribution < -0.4 is 5.73 Å². The number of rotatable bonds is 1. The predicted molar refractivity (Wildman–Crippen MR) is 52.1 cm³/mol. The molecule has 3 heterocycles. The van der Waals surface area contributed by atoms with E-state index < -0.39 is 5.54 Å². The van der Waals surface area contributed by atoms with E-state index in [0.717, 1.165) is 17.9 Å². The quantitative estimate of drug-likeness (QED) is 0.691. The molecule has 6 heteroatoms. The number of ether oxygens (including phenoxy) is 1. The van der Waals surface area contributed by atoms with Gasteiger partial charge in [0.05, 0.1) is 6.61 Å². The van der Waals surface area contributed by atoms with E-state index in [1.54, 1.807) is 18.6 Å². The smallest absolute Gasteiger partial charge is 0.163 e. The Kier molecular flexibility index (Phi) is 1.74. The van der Waals surface area contributed by atoms with Crippen molar-refractivity contribution < 1.29 is 4.74 Å². The third kappa shape index (κ3) is 1.22. The molecule has 0 aliphatic carbocycles. The van der Waals surface area contributed by atoms with E-state index in [2.05, 4.69) is 15.2 Å². The highest BCUT2D eigenvalue weighted by molar-refractivity contribution is 5.36. The number of hydrogen-bond donors (Lipinski definition) is 1. The Morgan fingerprint density at radius 1 is 1.47 bits per heavy atom. The van der Waals surface area contributed by atoms with Crippen molar-refractivity contribution in [1.29, 1.82) is 0 Å². The van der Waals surface area contributed by atoms with Crippen LogP contribution in [0.3, 0.4) is 0 Å². The predicted octanol–water partition coefficient (Wildman–Crippen LogP) is -0.301. The number of fused-ring (bicyclic) bond motifs is 1. The lowest BCUT2D eigenvalue weighted by molar-refractivity contribution is 0.176. The summed E-state index contributed by atoms with van der Waals surface area (Å²) in [6.07, 6.45) is 4.13. The molecule has 2 N–H and O–H groups in total. The van der Waals surface area contributed by atoms with E-state index in [0.29, 0.717) is 13.2 Å². The maximum absolute atomic E-state index is 6.21. The van der Waals surface area contributed by atoms with E-state index in [9.17, 15) is 0 Å². The van der Waals surface area contributed by atoms with E-state index in [4.69, 9.17) is 10.5 Å². The zero-order valence-electron chi connectivity index (χ0n) is 8.13. The van der Waals surface area contributed by atoms with Gasteiger partial charge in [-0.2, -0.15) is 0 Å². The summed E-state index contributed by atoms with van der Waals surface area (Å²) in [5, 5.41) is 8.16. The van der Waals surface area contributed by atoms with Gasteiger partial charge in [0, 0.05) is 18.9 Å². The van der Waals surface area contributed by atoms with Crippen LogP contribution in [0, 0.1) is 0 Å². The number of hydrogen-bond acceptors (Lipinski definition) is 5. The Morgan fingerprint density at radius 2 is 2.40 bits per heavy atom. The van der Waals surface area contributed by atoms with E-state index in [-0.39, 0.29) is 0 Å². The van der Waals surface area contributed by atoms with Crippen LogP contribution in [0.15, 0.2) is 18.6 Å². The minimum absolute atomic E-state index is 0.489. The molecule has 0 bridgehead atoms. The highest BCUT2D eigenvalue weighted by atomic mass is 16.5. The SMILES string of the molecule is NC1(c2nnc3ccncn23)CCOC1. The van der Waals surface area contributed by atoms with Gasteiger partial charge in [0.15, 0.2) is 11.5 Å². The lowest BCUT2D eigenvalue weighted by atomic mass is 10.00. The molecule has 1 aliphatic heterocycles. The van der Waals surface area contributed by atoms with E-state index >= 15 is 0 Å². The molecule has 0 spiro atoms. The van der Waals surface area contributed by atoms with Gasteiger partial charge in [-0.1, -0.05) is 0 Å². The molecule has 78 valence electrons. The van der Waals surface area contributed by atoms with Gasteiger partial charge in [-0.25, -0.2) is 4.98 Å². The maximum Gasteiger partial charge on any atom is 0.163 e. The Hall–Kier alpha value is -1.53. The molecule has 2 aromatic heterocycles. The fourth-order valence-corrected chi connectivity index (χ4v) is 1.84. The maximum atomic E-state index is 6.21. The van der Waals surface area contributed by atoms with Gasteiger partial charge in [-0.3, -0.25) is 4.40 Å². The van der Waals surface area contributed by atoms with Gasteiger partial charge in [-0.15, -0.1) is 10.2 Å². The summed E-state index contributed by atoms with van der Waals surface area (Å²) >= 11 is 0. The Labute approximate surface area is 86.1 Å². The van der Waals surface area contributed by atoms with Crippen molar-refractivity contribution in [1.82, 2.24) is 19.6 Å². The molecular formula is C9H11N5O. The fourth-order valence-electron chi connectivity index (χ4n) is 1.84. The first-order valence-corrected chi connectivity index (χ1v) is 4.81. The van der Waals surface area contributed by atoms with Crippen LogP contribution >= 0.6 is 0 Å². The molecule has 3 rings (SSSR count). The van der Waals surface area contributed by atoms with Crippen molar-refractivity contribution in [3.8, 4) is 0 Å². The van der Waals surface area contributed by atoms with Gasteiger partial charge >= 0.3 is 0 Å². The molecule has 1 fully saturated rings. The minimum atomic E-state index is -0.525. The molecule has 1 saturated heterocycles. The van der Waals surface area contributed by atoms with Crippen molar-refractivity contribution in [2.75, 3.05) is 13.2 Å². The first kappa shape index (κ1) is 8.75. The van der Waals surface area contributed by atoms with Gasteiger partial charge in [0.2, 0.25) is 0 Å². The summed E-state index contributed by atoms with van der Waals surface area (Å²) in [5.41, 5.74) is 6.45. The van der Waals surface area contributed by atoms with Crippen LogP contribution in [0.2, 0.25) is 0 Å². The standard InChI is InChI=1S/C9H11N5O/c10-9(2-4-15-5-9)8-13-12-7-1-3-11-6-14(7)8/h1,3,6H,2,4-5,10H2. The zero-order valence-corrected chi connectivity index (χ0v) is 8.13. The first-order chi connectivity index (χ1) is 7.30. The van der Waals surface area contributed by atoms with Crippen molar-refractivity contribution in [3.63, 3.8) is 0 Å². The first-order valence-electron chi connectivity index (χ1n) is 4.81. The van der Waals surface area contributed by atoms with Crippen molar-refractivity contribution in [3.05, 3.63) is 24.4 Å². The largest absolute Gasteiger partial charge is 0.379 e. The van der Waals surface area contributed by atoms with Crippen LogP contribution in [-0.2, 0) is 10.3 Å². The molecule has 0 aromatic carbocycles. The van der Waals surface area contributed by atoms with Gasteiger partial charge in [0.1, 0.15) is 11.9 Å². The number of nitrogens with zero attached hydrogens (tertiary/aromatic N) is 4. The molecule has 15 heavy (non-hydrogen) atoms. The number of nitrogens with two attached hydrogens (primary N) is 1. The van der Waals surface area contributed by atoms with E-state index in [1.807, 2.05) is 4.40 Å². The molecule has 1 atom stereocenters. The Balaban J connectivity index is 2.18. The summed E-state index contributed by atoms with van der Waals surface area (Å²) in [7, 11) is 0. The van der Waals surface area contributed by atoms with Crippen LogP contribution in [0.25, 0.3) is 5.65 Å². The molecule has 2 aromatic rings. The summed E-state index contributed by atoms with van der Waals surface area (Å²) in [4.78, 5) is 4.03. The van der Waals surface area contributed by atoms with Gasteiger partial charge in [0.25, 0.3) is 0 Å². The molecule has 0 amide bonds. The van der Waals surface area contributed by atoms with Gasteiger partial charge in [-0.05, 0) is 6.42 Å². The zero-order chi connectivity index (χ0) is 10.3. The highest BCUT2D eigenvalue weighted by Crippen LogP contribution is 2.26. The molecule has 6 nitrogen and oxygen atoms in total. The van der Waals surface area contributed by atoms with Gasteiger partial charge < -0.3 is 10.5 Å². The van der Waals surface area contributed by atoms with Crippen LogP contribution in [-0.4, -0.2) is 32.8 Å². The minimum Gasteiger partial charge on any atom is -0.379 e. The lowest BCUT2D eigenvalue weighted by Crippen LogP contribution is -2.39. The average molecular weight is 205 g/mol. The Bertz CT molecular complexity index is 488. The summed E-state index contributed by atoms with van der Waals surface area (Å²) in [6.45, 7) is 1.16. The molecular weight excluding hydrogens is 194 g/mol. The highest BCUT2D eigenvalue weighted by Gasteiger charge is 2.36. The van der Waals surface area contributed by atoms with Crippen molar-refractivity contribution >= 4 is 5.65 Å². The third-order valence-corrected chi connectivity index (χ3v) is 2.71. The second kappa shape index (κ2) is 2.98. The number of aromatic nitrogens is 4. The van der Waals surface area contributed by atoms with Crippen LogP contribution in [0.1, 0.15) is 12.2 Å². The summed E-state index contributed by atoms with van der Waals surface area (Å²) < 4.78 is 7.12. The normalized spacial score (nSPS) is 26.2. The third-order valence-electron chi connectivity index (χ3n) is 2.71. The molecule has 0 saturated carbocycles. The fraction of sp³-hybridized carbons (Fsp3) is 0.444. The molecule has 1 aliphatic rings. The topological polar surface area (TPSA) is 78.3 Å². The molecule has 0 radical (unpaired) electrons. The second-order valence-electron chi connectivity index (χ2n) is 3.79. The lowest BCUT2D eigenvalue weighted by Gasteiger charge is -2.18. The average Bonchev–Trinajstić information content (AvgIpc) is 2.84. The monoisotopic (exact) mass is 205 g/mol. The van der Waals surface area contributed by atoms with Crippen molar-refractivity contribution in [2.24, 2.45) is 5.73 Å². The summed E-state index contributed by atoms with van der Waals surface area (Å²) in [6, 6.07) is 1.80. The van der Waals surface area contributed by atoms with E-state index in [1.165, 1.54) is 0 Å².